The smallest absolute Gasteiger partial charge is 0.396 e. The predicted molar refractivity (Wildman–Crippen MR) is 446 cm³/mol. The first kappa shape index (κ1) is 80.6. The number of nitrogens with zero attached hydrogens (tertiary/aromatic N) is 6. The van der Waals surface area contributed by atoms with Crippen molar-refractivity contribution in [3.05, 3.63) is 205 Å². The normalized spacial score (nSPS) is 24.9. The minimum atomic E-state index is -5.30. The van der Waals surface area contributed by atoms with Gasteiger partial charge in [-0.1, -0.05) is 164 Å². The average Bonchev–Trinajstić information content (AvgIpc) is 1.06. The van der Waals surface area contributed by atoms with Crippen LogP contribution in [0.4, 0.5) is 0 Å². The van der Waals surface area contributed by atoms with Gasteiger partial charge in [0, 0.05) is 49.6 Å². The number of aliphatic hydroxyl groups excluding tert-OH is 1. The zero-order valence-corrected chi connectivity index (χ0v) is 67.5. The second-order valence-corrected chi connectivity index (χ2v) is 37.6. The van der Waals surface area contributed by atoms with E-state index in [4.69, 9.17) is 61.7 Å². The zero-order valence-electron chi connectivity index (χ0n) is 63.0. The summed E-state index contributed by atoms with van der Waals surface area (Å²) < 4.78 is 134. The van der Waals surface area contributed by atoms with Crippen LogP contribution in [0.5, 0.6) is 0 Å². The molecule has 6 heterocycles. The van der Waals surface area contributed by atoms with Crippen LogP contribution in [0.15, 0.2) is 208 Å². The van der Waals surface area contributed by atoms with Crippen molar-refractivity contribution in [2.45, 2.75) is 93.1 Å². The second kappa shape index (κ2) is 32.5. The van der Waals surface area contributed by atoms with E-state index in [2.05, 4.69) is 44.2 Å². The summed E-state index contributed by atoms with van der Waals surface area (Å²) in [6.45, 7) is -4.95. The predicted octanol–water partition coefficient (Wildman–Crippen LogP) is 12.8. The standard InChI is InChI=1S/C82H83N8O23P5/c83-81-79-65(28-30-85-81)89(45-87-79)71-35-67(69(110-71)43-108-115(95,96)104-38-47(37-91)32-59-19-16-56-13-10-50-4-1-7-53-22-25-62(59)76(56)73(50)53)113-118(101,102)107-42-49(34-61-21-18-58-15-12-52-6-3-9-55-24-27-64(61)78(58)75(52)55)40-105-116(97,98)109-44-70-68(36-72(111-70)90-46-88-80-66(90)29-31-86-82(80)84)112-117(99,100)106-41-48(39-103-114(92,93)94)33-60-20-17-57-14-11-51-5-2-8-54-23-26-63(60)77(57)74(51)54/h1-31,45-49,65-72,79-80,91H,32-44H2,(H2,83,85)(H2,84,86)(H,95,96)(H,97,98)(H,99,100)(H,101,102)(H2,92,93,94). The van der Waals surface area contributed by atoms with Gasteiger partial charge >= 0.3 is 39.1 Å². The highest BCUT2D eigenvalue weighted by atomic mass is 31.2. The highest BCUT2D eigenvalue weighted by Crippen LogP contribution is 2.54. The number of aliphatic hydroxyl groups is 1. The minimum absolute atomic E-state index is 0.0133. The quantitative estimate of drug-likeness (QED) is 0.0134. The molecule has 31 nitrogen and oxygen atoms in total. The first-order chi connectivity index (χ1) is 56.7. The third-order valence-corrected chi connectivity index (χ3v) is 27.5. The number of phosphoric ester groups is 5. The molecule has 0 aliphatic carbocycles. The Morgan fingerprint density at radius 2 is 0.712 bits per heavy atom. The monoisotopic (exact) mass is 1700 g/mol. The second-order valence-electron chi connectivity index (χ2n) is 30.7. The summed E-state index contributed by atoms with van der Waals surface area (Å²) in [5.74, 6) is -2.25. The summed E-state index contributed by atoms with van der Waals surface area (Å²) in [6.07, 6.45) is 1.80. The Morgan fingerprint density at radius 3 is 1.07 bits per heavy atom. The lowest BCUT2D eigenvalue weighted by atomic mass is 9.89. The first-order valence-electron chi connectivity index (χ1n) is 38.5. The molecule has 0 bridgehead atoms. The van der Waals surface area contributed by atoms with E-state index in [9.17, 15) is 57.3 Å². The molecule has 17 unspecified atom stereocenters. The van der Waals surface area contributed by atoms with Gasteiger partial charge in [-0.25, -0.2) is 32.8 Å². The fourth-order valence-electron chi connectivity index (χ4n) is 17.5. The van der Waals surface area contributed by atoms with Crippen molar-refractivity contribution in [1.82, 2.24) is 9.80 Å². The SMILES string of the molecule is NC1=NC=CC2C1N=CN2C1CC(OP(=O)(O)OCC(COP(=O)(O)O)Cc2ccc3ccc4cccc5ccc2c3c45)C(COP(=O)(O)OCC(COP(=O)(O)OC2CC(N3C=NC4C(N)=NC=CC43)OC2COP(=O)(O)OCC(CO)Cc2ccc3ccc4cccc5ccc2c3c45)Cc2ccc3ccc4cccc5ccc2c3c45)O1. The molecule has 12 aromatic carbocycles. The molecule has 6 aliphatic rings. The topological polar surface area (TPSA) is 436 Å². The number of phosphoric acid groups is 5. The molecule has 12 aromatic rings. The first-order valence-corrected chi connectivity index (χ1v) is 46.0. The zero-order chi connectivity index (χ0) is 81.6. The molecule has 0 aromatic heterocycles. The van der Waals surface area contributed by atoms with Crippen LogP contribution in [0.1, 0.15) is 29.5 Å². The number of hydrogen-bond donors (Lipinski definition) is 9. The summed E-state index contributed by atoms with van der Waals surface area (Å²) in [5, 5.41) is 28.4. The molecule has 0 amide bonds. The summed E-state index contributed by atoms with van der Waals surface area (Å²) >= 11 is 0. The maximum atomic E-state index is 14.7. The fourth-order valence-corrected chi connectivity index (χ4v) is 21.5. The molecule has 0 spiro atoms. The van der Waals surface area contributed by atoms with E-state index in [0.29, 0.717) is 5.56 Å². The number of hydrogen-bond acceptors (Lipinski definition) is 25. The Kier molecular flexibility index (Phi) is 22.2. The summed E-state index contributed by atoms with van der Waals surface area (Å²) in [5.41, 5.74) is 14.8. The van der Waals surface area contributed by atoms with Gasteiger partial charge in [-0.15, -0.1) is 0 Å². The Hall–Kier alpha value is -8.45. The number of ether oxygens (including phenoxy) is 2. The van der Waals surface area contributed by atoms with Crippen LogP contribution in [0.3, 0.4) is 0 Å². The van der Waals surface area contributed by atoms with E-state index in [1.807, 2.05) is 140 Å². The molecule has 614 valence electrons. The van der Waals surface area contributed by atoms with Gasteiger partial charge in [0.05, 0.1) is 71.0 Å². The van der Waals surface area contributed by atoms with Gasteiger partial charge in [0.2, 0.25) is 0 Å². The third-order valence-electron chi connectivity index (χ3n) is 23.1. The molecule has 17 atom stereocenters. The van der Waals surface area contributed by atoms with Crippen LogP contribution < -0.4 is 11.5 Å². The Balaban J connectivity index is 0.573. The molecule has 2 fully saturated rings. The van der Waals surface area contributed by atoms with Crippen molar-refractivity contribution in [3.8, 4) is 0 Å². The van der Waals surface area contributed by atoms with Crippen molar-refractivity contribution in [2.75, 3.05) is 52.9 Å². The number of fused-ring (bicyclic) bond motifs is 2. The van der Waals surface area contributed by atoms with Crippen molar-refractivity contribution < 1.29 is 107 Å². The van der Waals surface area contributed by atoms with Crippen molar-refractivity contribution in [2.24, 2.45) is 49.2 Å². The van der Waals surface area contributed by atoms with E-state index >= 15 is 0 Å². The van der Waals surface area contributed by atoms with Crippen molar-refractivity contribution >= 4 is 160 Å². The molecule has 36 heteroatoms. The van der Waals surface area contributed by atoms with Crippen molar-refractivity contribution in [3.63, 3.8) is 0 Å². The Labute approximate surface area is 674 Å². The van der Waals surface area contributed by atoms with Gasteiger partial charge < -0.3 is 65.2 Å². The maximum Gasteiger partial charge on any atom is 0.472 e. The van der Waals surface area contributed by atoms with Crippen LogP contribution in [-0.2, 0) is 92.3 Å². The molecule has 0 radical (unpaired) electrons. The number of nitrogens with two attached hydrogens (primary N) is 2. The van der Waals surface area contributed by atoms with Crippen LogP contribution in [0.25, 0.3) is 97.0 Å². The van der Waals surface area contributed by atoms with Gasteiger partial charge in [0.1, 0.15) is 60.6 Å². The van der Waals surface area contributed by atoms with Gasteiger partial charge in [0.15, 0.2) is 0 Å². The van der Waals surface area contributed by atoms with Gasteiger partial charge in [-0.3, -0.25) is 50.7 Å². The lowest BCUT2D eigenvalue weighted by Crippen LogP contribution is -2.47. The minimum Gasteiger partial charge on any atom is -0.396 e. The van der Waals surface area contributed by atoms with Crippen LogP contribution in [-0.4, -0.2) is 183 Å². The van der Waals surface area contributed by atoms with Gasteiger partial charge in [0.25, 0.3) is 0 Å². The van der Waals surface area contributed by atoms with Crippen LogP contribution in [0.2, 0.25) is 0 Å². The van der Waals surface area contributed by atoms with Crippen molar-refractivity contribution in [1.29, 1.82) is 0 Å². The van der Waals surface area contributed by atoms with Crippen LogP contribution >= 0.6 is 39.1 Å². The lowest BCUT2D eigenvalue weighted by Gasteiger charge is -2.31. The number of benzene rings is 12. The molecular formula is C82H83N8O23P5. The molecule has 118 heavy (non-hydrogen) atoms. The Bertz CT molecular complexity index is 6240. The highest BCUT2D eigenvalue weighted by Gasteiger charge is 2.50. The largest absolute Gasteiger partial charge is 0.472 e. The highest BCUT2D eigenvalue weighted by molar-refractivity contribution is 7.48. The fraction of sp³-hybridized carbons (Fsp3) is 0.317. The van der Waals surface area contributed by atoms with E-state index in [1.54, 1.807) is 22.0 Å². The molecule has 11 N–H and O–H groups in total. The summed E-state index contributed by atoms with van der Waals surface area (Å²) in [4.78, 5) is 87.3. The number of aliphatic imine (C=N–C) groups is 4. The average molecular weight is 1700 g/mol. The Morgan fingerprint density at radius 1 is 0.398 bits per heavy atom. The molecular weight excluding hydrogens is 1620 g/mol. The van der Waals surface area contributed by atoms with E-state index in [1.165, 1.54) is 25.1 Å². The number of rotatable bonds is 34. The van der Waals surface area contributed by atoms with E-state index in [-0.39, 0.29) is 43.8 Å². The molecule has 2 saturated heterocycles. The van der Waals surface area contributed by atoms with E-state index in [0.717, 1.165) is 108 Å². The summed E-state index contributed by atoms with van der Waals surface area (Å²) in [7, 11) is -25.9. The molecule has 0 saturated carbocycles. The number of amidine groups is 2. The molecule has 6 aliphatic heterocycles. The lowest BCUT2D eigenvalue weighted by molar-refractivity contribution is -0.0617. The third kappa shape index (κ3) is 16.7. The van der Waals surface area contributed by atoms with Gasteiger partial charge in [-0.2, -0.15) is 0 Å². The molecule has 18 rings (SSSR count). The maximum absolute atomic E-state index is 14.7. The van der Waals surface area contributed by atoms with Crippen LogP contribution in [0, 0.1) is 17.8 Å². The van der Waals surface area contributed by atoms with Gasteiger partial charge in [-0.05, 0) is 145 Å². The summed E-state index contributed by atoms with van der Waals surface area (Å²) in [6, 6.07) is 51.4. The van der Waals surface area contributed by atoms with E-state index < -0.39 is 171 Å².